The molecule has 0 aliphatic heterocycles. The van der Waals surface area contributed by atoms with Gasteiger partial charge in [0.2, 0.25) is 0 Å². The van der Waals surface area contributed by atoms with Crippen molar-refractivity contribution in [3.05, 3.63) is 59.2 Å². The summed E-state index contributed by atoms with van der Waals surface area (Å²) in [6.45, 7) is 4.33. The van der Waals surface area contributed by atoms with Crippen LogP contribution >= 0.6 is 0 Å². The van der Waals surface area contributed by atoms with E-state index in [2.05, 4.69) is 6.07 Å². The lowest BCUT2D eigenvalue weighted by atomic mass is 10.1. The number of methoxy groups -OCH3 is 1. The molecule has 0 unspecified atom stereocenters. The summed E-state index contributed by atoms with van der Waals surface area (Å²) >= 11 is 0. The van der Waals surface area contributed by atoms with Crippen LogP contribution in [-0.4, -0.2) is 32.2 Å². The quantitative estimate of drug-likeness (QED) is 0.642. The van der Waals surface area contributed by atoms with E-state index in [9.17, 15) is 4.79 Å². The van der Waals surface area contributed by atoms with Crippen molar-refractivity contribution in [3.63, 3.8) is 0 Å². The Morgan fingerprint density at radius 3 is 2.46 bits per heavy atom. The molecule has 0 bridgehead atoms. The molecule has 0 aromatic heterocycles. The molecule has 0 N–H and O–H groups in total. The fourth-order valence-electron chi connectivity index (χ4n) is 2.46. The van der Waals surface area contributed by atoms with Crippen molar-refractivity contribution in [3.8, 4) is 17.6 Å². The van der Waals surface area contributed by atoms with Crippen LogP contribution in [0.2, 0.25) is 0 Å². The zero-order valence-electron chi connectivity index (χ0n) is 15.3. The normalized spacial score (nSPS) is 11.5. The zero-order chi connectivity index (χ0) is 18.9. The third-order valence-electron chi connectivity index (χ3n) is 3.77. The zero-order valence-corrected chi connectivity index (χ0v) is 15.3. The summed E-state index contributed by atoms with van der Waals surface area (Å²) in [5.41, 5.74) is 2.26. The molecular formula is C21H23NO4. The molecule has 2 aromatic rings. The number of ether oxygens (including phenoxy) is 3. The minimum atomic E-state index is -0.131. The van der Waals surface area contributed by atoms with Crippen molar-refractivity contribution in [1.29, 1.82) is 5.26 Å². The van der Waals surface area contributed by atoms with Gasteiger partial charge < -0.3 is 14.2 Å². The molecule has 2 rings (SSSR count). The van der Waals surface area contributed by atoms with Crippen LogP contribution in [0.15, 0.2) is 42.5 Å². The smallest absolute Gasteiger partial charge is 0.160 e. The van der Waals surface area contributed by atoms with Crippen molar-refractivity contribution >= 4 is 5.78 Å². The number of hydrogen-bond donors (Lipinski definition) is 0. The molecule has 0 aliphatic carbocycles. The van der Waals surface area contributed by atoms with Crippen LogP contribution in [0.5, 0.6) is 11.5 Å². The highest BCUT2D eigenvalue weighted by Gasteiger charge is 2.10. The Hall–Kier alpha value is -2.84. The fourth-order valence-corrected chi connectivity index (χ4v) is 2.46. The molecule has 26 heavy (non-hydrogen) atoms. The molecule has 1 atom stereocenters. The SMILES string of the molecule is COC[C@H](C)Oc1cc(OCCc2ccc(C#N)cc2)cc(C(C)=O)c1. The van der Waals surface area contributed by atoms with Gasteiger partial charge in [0.25, 0.3) is 0 Å². The molecule has 0 heterocycles. The predicted octanol–water partition coefficient (Wildman–Crippen LogP) is 3.80. The molecule has 136 valence electrons. The summed E-state index contributed by atoms with van der Waals surface area (Å²) < 4.78 is 16.7. The third kappa shape index (κ3) is 5.91. The highest BCUT2D eigenvalue weighted by Crippen LogP contribution is 2.24. The lowest BCUT2D eigenvalue weighted by Crippen LogP contribution is -2.18. The maximum Gasteiger partial charge on any atom is 0.160 e. The van der Waals surface area contributed by atoms with E-state index < -0.39 is 0 Å². The summed E-state index contributed by atoms with van der Waals surface area (Å²) in [4.78, 5) is 11.8. The monoisotopic (exact) mass is 353 g/mol. The number of carbonyl (C=O) groups excluding carboxylic acids is 1. The summed E-state index contributed by atoms with van der Waals surface area (Å²) in [6.07, 6.45) is 0.570. The second kappa shape index (κ2) is 9.59. The Kier molecular flexibility index (Phi) is 7.19. The average Bonchev–Trinajstić information content (AvgIpc) is 2.62. The lowest BCUT2D eigenvalue weighted by Gasteiger charge is -2.16. The molecule has 0 saturated carbocycles. The van der Waals surface area contributed by atoms with E-state index in [1.54, 1.807) is 37.4 Å². The second-order valence-electron chi connectivity index (χ2n) is 6.04. The summed E-state index contributed by atoms with van der Waals surface area (Å²) in [5, 5.41) is 8.82. The largest absolute Gasteiger partial charge is 0.493 e. The Labute approximate surface area is 154 Å². The van der Waals surface area contributed by atoms with E-state index in [4.69, 9.17) is 19.5 Å². The van der Waals surface area contributed by atoms with Crippen LogP contribution in [0.4, 0.5) is 0 Å². The number of hydrogen-bond acceptors (Lipinski definition) is 5. The molecule has 5 heteroatoms. The van der Waals surface area contributed by atoms with E-state index in [0.717, 1.165) is 5.56 Å². The average molecular weight is 353 g/mol. The number of nitrogens with zero attached hydrogens (tertiary/aromatic N) is 1. The molecule has 0 fully saturated rings. The van der Waals surface area contributed by atoms with Gasteiger partial charge in [-0.15, -0.1) is 0 Å². The summed E-state index contributed by atoms with van der Waals surface area (Å²) in [7, 11) is 1.61. The number of ketones is 1. The molecule has 0 spiro atoms. The number of rotatable bonds is 9. The van der Waals surface area contributed by atoms with Gasteiger partial charge in [-0.3, -0.25) is 4.79 Å². The Morgan fingerprint density at radius 2 is 1.85 bits per heavy atom. The van der Waals surface area contributed by atoms with Gasteiger partial charge in [0.1, 0.15) is 17.6 Å². The van der Waals surface area contributed by atoms with Crippen molar-refractivity contribution in [1.82, 2.24) is 0 Å². The van der Waals surface area contributed by atoms with E-state index in [0.29, 0.717) is 42.3 Å². The maximum absolute atomic E-state index is 11.8. The molecule has 0 saturated heterocycles. The first-order valence-corrected chi connectivity index (χ1v) is 8.45. The van der Waals surface area contributed by atoms with Crippen LogP contribution in [-0.2, 0) is 11.2 Å². The molecule has 2 aromatic carbocycles. The van der Waals surface area contributed by atoms with Crippen molar-refractivity contribution < 1.29 is 19.0 Å². The summed E-state index contributed by atoms with van der Waals surface area (Å²) in [6, 6.07) is 14.7. The molecular weight excluding hydrogens is 330 g/mol. The van der Waals surface area contributed by atoms with Crippen LogP contribution in [0, 0.1) is 11.3 Å². The number of carbonyl (C=O) groups is 1. The Morgan fingerprint density at radius 1 is 1.15 bits per heavy atom. The minimum Gasteiger partial charge on any atom is -0.493 e. The first kappa shape index (κ1) is 19.5. The first-order chi connectivity index (χ1) is 12.5. The second-order valence-corrected chi connectivity index (χ2v) is 6.04. The Balaban J connectivity index is 2.03. The fraction of sp³-hybridized carbons (Fsp3) is 0.333. The topological polar surface area (TPSA) is 68.6 Å². The molecule has 0 radical (unpaired) electrons. The number of Topliss-reactive ketones (excluding diaryl/α,β-unsaturated/α-hetero) is 1. The summed E-state index contributed by atoms with van der Waals surface area (Å²) in [5.74, 6) is 1.12. The molecule has 5 nitrogen and oxygen atoms in total. The van der Waals surface area contributed by atoms with Crippen LogP contribution in [0.25, 0.3) is 0 Å². The van der Waals surface area contributed by atoms with Crippen LogP contribution in [0.1, 0.15) is 35.3 Å². The predicted molar refractivity (Wildman–Crippen MR) is 98.8 cm³/mol. The van der Waals surface area contributed by atoms with Crippen molar-refractivity contribution in [2.75, 3.05) is 20.3 Å². The van der Waals surface area contributed by atoms with Gasteiger partial charge in [-0.1, -0.05) is 12.1 Å². The molecule has 0 aliphatic rings. The highest BCUT2D eigenvalue weighted by molar-refractivity contribution is 5.94. The van der Waals surface area contributed by atoms with E-state index in [1.807, 2.05) is 19.1 Å². The van der Waals surface area contributed by atoms with Gasteiger partial charge in [-0.05, 0) is 43.7 Å². The van der Waals surface area contributed by atoms with Crippen molar-refractivity contribution in [2.24, 2.45) is 0 Å². The van der Waals surface area contributed by atoms with Gasteiger partial charge >= 0.3 is 0 Å². The third-order valence-corrected chi connectivity index (χ3v) is 3.77. The minimum absolute atomic E-state index is 0.0493. The lowest BCUT2D eigenvalue weighted by molar-refractivity contribution is 0.0914. The van der Waals surface area contributed by atoms with Crippen LogP contribution in [0.3, 0.4) is 0 Å². The standard InChI is InChI=1S/C21H23NO4/c1-15(14-24-3)26-21-11-19(16(2)23)10-20(12-21)25-9-8-17-4-6-18(13-22)7-5-17/h4-7,10-12,15H,8-9,14H2,1-3H3/t15-/m0/s1. The van der Waals surface area contributed by atoms with Crippen molar-refractivity contribution in [2.45, 2.75) is 26.4 Å². The van der Waals surface area contributed by atoms with E-state index in [-0.39, 0.29) is 11.9 Å². The number of benzene rings is 2. The van der Waals surface area contributed by atoms with Gasteiger partial charge in [-0.2, -0.15) is 5.26 Å². The molecule has 0 amide bonds. The van der Waals surface area contributed by atoms with Gasteiger partial charge in [0.05, 0.1) is 24.8 Å². The van der Waals surface area contributed by atoms with Crippen LogP contribution < -0.4 is 9.47 Å². The van der Waals surface area contributed by atoms with E-state index >= 15 is 0 Å². The van der Waals surface area contributed by atoms with Gasteiger partial charge in [0.15, 0.2) is 5.78 Å². The highest BCUT2D eigenvalue weighted by atomic mass is 16.5. The van der Waals surface area contributed by atoms with E-state index in [1.165, 1.54) is 6.92 Å². The number of nitriles is 1. The maximum atomic E-state index is 11.8. The first-order valence-electron chi connectivity index (χ1n) is 8.45. The van der Waals surface area contributed by atoms with Gasteiger partial charge in [0, 0.05) is 25.2 Å². The Bertz CT molecular complexity index is 778. The van der Waals surface area contributed by atoms with Gasteiger partial charge in [-0.25, -0.2) is 0 Å².